The van der Waals surface area contributed by atoms with Crippen LogP contribution in [0.2, 0.25) is 0 Å². The van der Waals surface area contributed by atoms with Crippen molar-refractivity contribution in [2.24, 2.45) is 5.92 Å². The molecular formula is C22H26N4O3S. The molecule has 8 heteroatoms. The van der Waals surface area contributed by atoms with E-state index in [1.165, 1.54) is 24.6 Å². The predicted molar refractivity (Wildman–Crippen MR) is 117 cm³/mol. The van der Waals surface area contributed by atoms with E-state index in [0.717, 1.165) is 11.4 Å². The fourth-order valence-electron chi connectivity index (χ4n) is 3.60. The highest BCUT2D eigenvalue weighted by Crippen LogP contribution is 2.37. The van der Waals surface area contributed by atoms with E-state index in [9.17, 15) is 4.79 Å². The number of hydrogen-bond acceptors (Lipinski definition) is 6. The number of anilines is 1. The number of aromatic nitrogens is 3. The van der Waals surface area contributed by atoms with Crippen LogP contribution in [0.4, 0.5) is 5.69 Å². The minimum absolute atomic E-state index is 0.0646. The molecule has 0 radical (unpaired) electrons. The number of carbonyl (C=O) groups excluding carboxylic acids is 1. The summed E-state index contributed by atoms with van der Waals surface area (Å²) in [5, 5.41) is 9.27. The molecule has 0 saturated heterocycles. The number of amides is 1. The largest absolute Gasteiger partial charge is 0.497 e. The fraction of sp³-hybridized carbons (Fsp3) is 0.409. The number of ether oxygens (including phenoxy) is 1. The van der Waals surface area contributed by atoms with Crippen LogP contribution in [0, 0.1) is 5.92 Å². The molecule has 0 spiro atoms. The van der Waals surface area contributed by atoms with Gasteiger partial charge in [0.15, 0.2) is 16.7 Å². The van der Waals surface area contributed by atoms with Gasteiger partial charge in [-0.3, -0.25) is 9.36 Å². The average molecular weight is 427 g/mol. The van der Waals surface area contributed by atoms with Crippen LogP contribution >= 0.6 is 11.8 Å². The number of benzene rings is 1. The lowest BCUT2D eigenvalue weighted by atomic mass is 10.1. The SMILES string of the molecule is CCn1c(SCC(=O)N(c2ccc(OC)cc2)C(C)C2CC2)nnc1-c1ccco1. The summed E-state index contributed by atoms with van der Waals surface area (Å²) in [5.41, 5.74) is 0.897. The lowest BCUT2D eigenvalue weighted by Crippen LogP contribution is -2.41. The molecular weight excluding hydrogens is 400 g/mol. The zero-order chi connectivity index (χ0) is 21.1. The van der Waals surface area contributed by atoms with Gasteiger partial charge >= 0.3 is 0 Å². The first-order valence-corrected chi connectivity index (χ1v) is 11.2. The van der Waals surface area contributed by atoms with Gasteiger partial charge in [-0.25, -0.2) is 0 Å². The van der Waals surface area contributed by atoms with Gasteiger partial charge < -0.3 is 14.1 Å². The van der Waals surface area contributed by atoms with E-state index < -0.39 is 0 Å². The molecule has 2 aromatic heterocycles. The predicted octanol–water partition coefficient (Wildman–Crippen LogP) is 4.49. The van der Waals surface area contributed by atoms with Crippen LogP contribution in [0.15, 0.2) is 52.2 Å². The number of thioether (sulfide) groups is 1. The number of hydrogen-bond donors (Lipinski definition) is 0. The van der Waals surface area contributed by atoms with Crippen molar-refractivity contribution in [2.75, 3.05) is 17.8 Å². The van der Waals surface area contributed by atoms with Gasteiger partial charge in [0, 0.05) is 18.3 Å². The highest BCUT2D eigenvalue weighted by Gasteiger charge is 2.35. The zero-order valence-electron chi connectivity index (χ0n) is 17.4. The summed E-state index contributed by atoms with van der Waals surface area (Å²) in [5.74, 6) is 3.04. The molecule has 30 heavy (non-hydrogen) atoms. The Morgan fingerprint density at radius 3 is 2.67 bits per heavy atom. The summed E-state index contributed by atoms with van der Waals surface area (Å²) in [6.07, 6.45) is 3.96. The third kappa shape index (κ3) is 4.23. The molecule has 0 bridgehead atoms. The number of nitrogens with zero attached hydrogens (tertiary/aromatic N) is 4. The Bertz CT molecular complexity index is 980. The normalized spacial score (nSPS) is 14.5. The maximum absolute atomic E-state index is 13.3. The Morgan fingerprint density at radius 1 is 1.30 bits per heavy atom. The maximum atomic E-state index is 13.3. The maximum Gasteiger partial charge on any atom is 0.237 e. The van der Waals surface area contributed by atoms with Gasteiger partial charge in [0.25, 0.3) is 0 Å². The third-order valence-electron chi connectivity index (χ3n) is 5.43. The number of methoxy groups -OCH3 is 1. The molecule has 0 aliphatic heterocycles. The Hall–Kier alpha value is -2.74. The molecule has 1 atom stereocenters. The summed E-state index contributed by atoms with van der Waals surface area (Å²) in [6, 6.07) is 11.5. The van der Waals surface area contributed by atoms with Crippen molar-refractivity contribution in [3.63, 3.8) is 0 Å². The topological polar surface area (TPSA) is 73.4 Å². The summed E-state index contributed by atoms with van der Waals surface area (Å²) in [4.78, 5) is 15.2. The van der Waals surface area contributed by atoms with Crippen molar-refractivity contribution in [1.29, 1.82) is 0 Å². The molecule has 4 rings (SSSR count). The Morgan fingerprint density at radius 2 is 2.07 bits per heavy atom. The molecule has 2 heterocycles. The molecule has 1 aliphatic carbocycles. The van der Waals surface area contributed by atoms with E-state index >= 15 is 0 Å². The van der Waals surface area contributed by atoms with Crippen molar-refractivity contribution >= 4 is 23.4 Å². The summed E-state index contributed by atoms with van der Waals surface area (Å²) in [6.45, 7) is 4.86. The molecule has 158 valence electrons. The van der Waals surface area contributed by atoms with E-state index in [1.807, 2.05) is 52.8 Å². The summed E-state index contributed by atoms with van der Waals surface area (Å²) in [7, 11) is 1.64. The molecule has 3 aromatic rings. The van der Waals surface area contributed by atoms with E-state index in [1.54, 1.807) is 13.4 Å². The molecule has 1 amide bonds. The Labute approximate surface area is 180 Å². The summed E-state index contributed by atoms with van der Waals surface area (Å²) < 4.78 is 12.7. The molecule has 0 N–H and O–H groups in total. The van der Waals surface area contributed by atoms with Crippen molar-refractivity contribution in [1.82, 2.24) is 14.8 Å². The smallest absolute Gasteiger partial charge is 0.237 e. The molecule has 1 aromatic carbocycles. The van der Waals surface area contributed by atoms with Crippen LogP contribution in [0.1, 0.15) is 26.7 Å². The van der Waals surface area contributed by atoms with Gasteiger partial charge in [-0.15, -0.1) is 10.2 Å². The zero-order valence-corrected chi connectivity index (χ0v) is 18.3. The van der Waals surface area contributed by atoms with Crippen LogP contribution in [-0.4, -0.2) is 39.6 Å². The standard InChI is InChI=1S/C22H26N4O3S/c1-4-25-21(19-6-5-13-29-19)23-24-22(25)30-14-20(27)26(15(2)16-7-8-16)17-9-11-18(28-3)12-10-17/h5-6,9-13,15-16H,4,7-8,14H2,1-3H3. The number of furan rings is 1. The Balaban J connectivity index is 1.51. The first kappa shape index (κ1) is 20.5. The van der Waals surface area contributed by atoms with Gasteiger partial charge in [0.2, 0.25) is 5.91 Å². The van der Waals surface area contributed by atoms with Crippen LogP contribution < -0.4 is 9.64 Å². The molecule has 1 fully saturated rings. The van der Waals surface area contributed by atoms with Crippen LogP contribution in [0.3, 0.4) is 0 Å². The average Bonchev–Trinajstić information content (AvgIpc) is 3.32. The molecule has 1 saturated carbocycles. The van der Waals surface area contributed by atoms with Crippen molar-refractivity contribution in [3.05, 3.63) is 42.7 Å². The van der Waals surface area contributed by atoms with Gasteiger partial charge in [-0.2, -0.15) is 0 Å². The number of rotatable bonds is 9. The first-order chi connectivity index (χ1) is 14.6. The number of carbonyl (C=O) groups is 1. The van der Waals surface area contributed by atoms with Crippen molar-refractivity contribution < 1.29 is 13.9 Å². The highest BCUT2D eigenvalue weighted by atomic mass is 32.2. The van der Waals surface area contributed by atoms with Crippen LogP contribution in [0.5, 0.6) is 5.75 Å². The monoisotopic (exact) mass is 426 g/mol. The first-order valence-electron chi connectivity index (χ1n) is 10.2. The fourth-order valence-corrected chi connectivity index (χ4v) is 4.46. The lowest BCUT2D eigenvalue weighted by Gasteiger charge is -2.29. The van der Waals surface area contributed by atoms with Crippen LogP contribution in [-0.2, 0) is 11.3 Å². The minimum Gasteiger partial charge on any atom is -0.497 e. The third-order valence-corrected chi connectivity index (χ3v) is 6.38. The van der Waals surface area contributed by atoms with Gasteiger partial charge in [-0.05, 0) is 69.0 Å². The summed E-state index contributed by atoms with van der Waals surface area (Å²) >= 11 is 1.41. The van der Waals surface area contributed by atoms with Crippen molar-refractivity contribution in [2.45, 2.75) is 44.4 Å². The molecule has 1 aliphatic rings. The Kier molecular flexibility index (Phi) is 6.13. The van der Waals surface area contributed by atoms with Gasteiger partial charge in [-0.1, -0.05) is 11.8 Å². The molecule has 1 unspecified atom stereocenters. The van der Waals surface area contributed by atoms with E-state index in [0.29, 0.717) is 35.0 Å². The quantitative estimate of drug-likeness (QED) is 0.470. The second kappa shape index (κ2) is 8.95. The van der Waals surface area contributed by atoms with Crippen molar-refractivity contribution in [3.8, 4) is 17.3 Å². The minimum atomic E-state index is 0.0646. The second-order valence-electron chi connectivity index (χ2n) is 7.36. The molecule has 7 nitrogen and oxygen atoms in total. The van der Waals surface area contributed by atoms with E-state index in [2.05, 4.69) is 17.1 Å². The van der Waals surface area contributed by atoms with E-state index in [4.69, 9.17) is 9.15 Å². The van der Waals surface area contributed by atoms with Gasteiger partial charge in [0.1, 0.15) is 5.75 Å². The lowest BCUT2D eigenvalue weighted by molar-refractivity contribution is -0.116. The second-order valence-corrected chi connectivity index (χ2v) is 8.30. The van der Waals surface area contributed by atoms with Gasteiger partial charge in [0.05, 0.1) is 19.1 Å². The van der Waals surface area contributed by atoms with Crippen LogP contribution in [0.25, 0.3) is 11.6 Å². The highest BCUT2D eigenvalue weighted by molar-refractivity contribution is 7.99. The van der Waals surface area contributed by atoms with E-state index in [-0.39, 0.29) is 11.9 Å².